The molecule has 0 spiro atoms. The minimum absolute atomic E-state index is 0.109. The third kappa shape index (κ3) is 4.77. The van der Waals surface area contributed by atoms with Gasteiger partial charge in [0.2, 0.25) is 0 Å². The van der Waals surface area contributed by atoms with Crippen molar-refractivity contribution in [2.24, 2.45) is 0 Å². The van der Waals surface area contributed by atoms with E-state index < -0.39 is 0 Å². The fourth-order valence-electron chi connectivity index (χ4n) is 4.01. The molecule has 8 heteroatoms. The second kappa shape index (κ2) is 9.36. The monoisotopic (exact) mass is 455 g/mol. The van der Waals surface area contributed by atoms with Gasteiger partial charge in [-0.1, -0.05) is 18.2 Å². The van der Waals surface area contributed by atoms with Crippen molar-refractivity contribution >= 4 is 11.7 Å². The number of urea groups is 1. The molecule has 8 nitrogen and oxygen atoms in total. The molecule has 1 aliphatic rings. The average molecular weight is 456 g/mol. The van der Waals surface area contributed by atoms with Crippen molar-refractivity contribution < 1.29 is 14.6 Å². The number of hydrogen-bond acceptors (Lipinski definition) is 5. The Kier molecular flexibility index (Phi) is 5.97. The van der Waals surface area contributed by atoms with Gasteiger partial charge in [-0.2, -0.15) is 0 Å². The number of amides is 2. The van der Waals surface area contributed by atoms with Gasteiger partial charge in [0.05, 0.1) is 18.5 Å². The largest absolute Gasteiger partial charge is 0.457 e. The summed E-state index contributed by atoms with van der Waals surface area (Å²) >= 11 is 0. The molecule has 0 saturated heterocycles. The number of imidazole rings is 1. The third-order valence-electron chi connectivity index (χ3n) is 5.76. The van der Waals surface area contributed by atoms with Crippen LogP contribution in [0, 0.1) is 6.92 Å². The Balaban J connectivity index is 1.29. The predicted octanol–water partition coefficient (Wildman–Crippen LogP) is 4.65. The van der Waals surface area contributed by atoms with Crippen LogP contribution in [-0.2, 0) is 19.6 Å². The summed E-state index contributed by atoms with van der Waals surface area (Å²) in [6, 6.07) is 17.2. The van der Waals surface area contributed by atoms with Gasteiger partial charge >= 0.3 is 6.03 Å². The molecule has 0 bridgehead atoms. The standard InChI is InChI=1S/C26H25N5O3/c1-17-3-2-4-20(11-17)30-26(33)31-10-8-18-5-6-22(12-19(18)15-31)34-23-7-9-27-24(13-23)25-28-14-21(16-32)29-25/h2-7,9,11-14,32H,8,10,15-16H2,1H3,(H,28,29)(H,30,33). The molecule has 0 radical (unpaired) electrons. The number of nitrogens with zero attached hydrogens (tertiary/aromatic N) is 3. The van der Waals surface area contributed by atoms with Gasteiger partial charge in [-0.15, -0.1) is 0 Å². The van der Waals surface area contributed by atoms with E-state index in [1.54, 1.807) is 24.5 Å². The smallest absolute Gasteiger partial charge is 0.322 e. The Bertz CT molecular complexity index is 1330. The van der Waals surface area contributed by atoms with E-state index in [2.05, 4.69) is 26.3 Å². The summed E-state index contributed by atoms with van der Waals surface area (Å²) in [5.74, 6) is 1.87. The van der Waals surface area contributed by atoms with E-state index in [0.717, 1.165) is 23.2 Å². The van der Waals surface area contributed by atoms with Crippen LogP contribution in [0.25, 0.3) is 11.5 Å². The van der Waals surface area contributed by atoms with Crippen LogP contribution >= 0.6 is 0 Å². The number of aromatic amines is 1. The van der Waals surface area contributed by atoms with Crippen LogP contribution in [-0.4, -0.2) is 37.5 Å². The number of fused-ring (bicyclic) bond motifs is 1. The number of H-pyrrole nitrogens is 1. The van der Waals surface area contributed by atoms with Gasteiger partial charge in [-0.3, -0.25) is 4.98 Å². The summed E-state index contributed by atoms with van der Waals surface area (Å²) in [7, 11) is 0. The van der Waals surface area contributed by atoms with E-state index in [0.29, 0.717) is 41.8 Å². The first-order valence-corrected chi connectivity index (χ1v) is 11.1. The number of benzene rings is 2. The maximum atomic E-state index is 12.8. The molecule has 1 aliphatic heterocycles. The third-order valence-corrected chi connectivity index (χ3v) is 5.76. The molecule has 2 aromatic heterocycles. The molecule has 34 heavy (non-hydrogen) atoms. The number of aliphatic hydroxyl groups excluding tert-OH is 1. The number of carbonyl (C=O) groups is 1. The zero-order valence-electron chi connectivity index (χ0n) is 18.8. The normalized spacial score (nSPS) is 12.8. The summed E-state index contributed by atoms with van der Waals surface area (Å²) in [6.07, 6.45) is 4.03. The number of ether oxygens (including phenoxy) is 1. The molecule has 2 aromatic carbocycles. The van der Waals surface area contributed by atoms with Crippen molar-refractivity contribution in [3.8, 4) is 23.0 Å². The molecule has 0 unspecified atom stereocenters. The van der Waals surface area contributed by atoms with Gasteiger partial charge < -0.3 is 25.0 Å². The molecule has 0 saturated carbocycles. The number of hydrogen-bond donors (Lipinski definition) is 3. The zero-order chi connectivity index (χ0) is 23.5. The van der Waals surface area contributed by atoms with E-state index >= 15 is 0 Å². The van der Waals surface area contributed by atoms with E-state index in [-0.39, 0.29) is 12.6 Å². The van der Waals surface area contributed by atoms with E-state index in [4.69, 9.17) is 4.74 Å². The van der Waals surface area contributed by atoms with Crippen molar-refractivity contribution in [1.82, 2.24) is 19.9 Å². The van der Waals surface area contributed by atoms with E-state index in [1.807, 2.05) is 48.2 Å². The summed E-state index contributed by atoms with van der Waals surface area (Å²) in [5, 5.41) is 12.2. The molecular formula is C26H25N5O3. The lowest BCUT2D eigenvalue weighted by atomic mass is 10.00. The fourth-order valence-corrected chi connectivity index (χ4v) is 4.01. The Morgan fingerprint density at radius 3 is 2.82 bits per heavy atom. The first-order chi connectivity index (χ1) is 16.6. The van der Waals surface area contributed by atoms with E-state index in [1.165, 1.54) is 5.56 Å². The van der Waals surface area contributed by atoms with Crippen molar-refractivity contribution in [2.45, 2.75) is 26.5 Å². The lowest BCUT2D eigenvalue weighted by Gasteiger charge is -2.29. The number of aryl methyl sites for hydroxylation is 1. The minimum atomic E-state index is -0.113. The maximum absolute atomic E-state index is 12.8. The number of aromatic nitrogens is 3. The number of aliphatic hydroxyl groups is 1. The van der Waals surface area contributed by atoms with Crippen molar-refractivity contribution in [2.75, 3.05) is 11.9 Å². The minimum Gasteiger partial charge on any atom is -0.457 e. The first kappa shape index (κ1) is 21.7. The second-order valence-electron chi connectivity index (χ2n) is 8.30. The molecule has 3 heterocycles. The van der Waals surface area contributed by atoms with Gasteiger partial charge in [0.25, 0.3) is 0 Å². The van der Waals surface area contributed by atoms with Crippen molar-refractivity contribution in [3.05, 3.63) is 89.4 Å². The van der Waals surface area contributed by atoms with Gasteiger partial charge in [0.1, 0.15) is 17.2 Å². The summed E-state index contributed by atoms with van der Waals surface area (Å²) in [5.41, 5.74) is 5.42. The molecule has 4 aromatic rings. The highest BCUT2D eigenvalue weighted by Crippen LogP contribution is 2.29. The lowest BCUT2D eigenvalue weighted by Crippen LogP contribution is -2.38. The SMILES string of the molecule is Cc1cccc(NC(=O)N2CCc3ccc(Oc4ccnc(-c5ncc(CO)[nH]5)c4)cc3C2)c1. The quantitative estimate of drug-likeness (QED) is 0.406. The number of rotatable bonds is 5. The Hall–Kier alpha value is -4.17. The lowest BCUT2D eigenvalue weighted by molar-refractivity contribution is 0.206. The second-order valence-corrected chi connectivity index (χ2v) is 8.30. The Morgan fingerprint density at radius 2 is 2.00 bits per heavy atom. The van der Waals surface area contributed by atoms with Crippen LogP contribution in [0.5, 0.6) is 11.5 Å². The number of pyridine rings is 1. The van der Waals surface area contributed by atoms with Gasteiger partial charge in [0.15, 0.2) is 5.82 Å². The van der Waals surface area contributed by atoms with Crippen LogP contribution in [0.1, 0.15) is 22.4 Å². The van der Waals surface area contributed by atoms with Gasteiger partial charge in [-0.25, -0.2) is 9.78 Å². The topological polar surface area (TPSA) is 103 Å². The van der Waals surface area contributed by atoms with Crippen LogP contribution in [0.15, 0.2) is 67.0 Å². The molecule has 0 fully saturated rings. The maximum Gasteiger partial charge on any atom is 0.322 e. The molecule has 2 amide bonds. The molecular weight excluding hydrogens is 430 g/mol. The number of anilines is 1. The summed E-state index contributed by atoms with van der Waals surface area (Å²) in [4.78, 5) is 26.2. The highest BCUT2D eigenvalue weighted by atomic mass is 16.5. The summed E-state index contributed by atoms with van der Waals surface area (Å²) in [6.45, 7) is 3.07. The highest BCUT2D eigenvalue weighted by molar-refractivity contribution is 5.89. The van der Waals surface area contributed by atoms with Crippen LogP contribution in [0.4, 0.5) is 10.5 Å². The first-order valence-electron chi connectivity index (χ1n) is 11.1. The molecule has 172 valence electrons. The fraction of sp³-hybridized carbons (Fsp3) is 0.192. The van der Waals surface area contributed by atoms with Gasteiger partial charge in [0, 0.05) is 31.0 Å². The van der Waals surface area contributed by atoms with Crippen molar-refractivity contribution in [1.29, 1.82) is 0 Å². The molecule has 3 N–H and O–H groups in total. The number of carbonyl (C=O) groups excluding carboxylic acids is 1. The molecule has 0 atom stereocenters. The van der Waals surface area contributed by atoms with Gasteiger partial charge in [-0.05, 0) is 60.4 Å². The summed E-state index contributed by atoms with van der Waals surface area (Å²) < 4.78 is 6.09. The number of nitrogens with one attached hydrogen (secondary N) is 2. The van der Waals surface area contributed by atoms with Crippen molar-refractivity contribution in [3.63, 3.8) is 0 Å². The predicted molar refractivity (Wildman–Crippen MR) is 129 cm³/mol. The van der Waals surface area contributed by atoms with Crippen LogP contribution in [0.3, 0.4) is 0 Å². The molecule has 5 rings (SSSR count). The van der Waals surface area contributed by atoms with Crippen LogP contribution < -0.4 is 10.1 Å². The van der Waals surface area contributed by atoms with E-state index in [9.17, 15) is 9.90 Å². The highest BCUT2D eigenvalue weighted by Gasteiger charge is 2.21. The Morgan fingerprint density at radius 1 is 1.12 bits per heavy atom. The average Bonchev–Trinajstić information content (AvgIpc) is 3.33. The zero-order valence-corrected chi connectivity index (χ0v) is 18.8. The Labute approximate surface area is 197 Å². The van der Waals surface area contributed by atoms with Crippen LogP contribution in [0.2, 0.25) is 0 Å². The molecule has 0 aliphatic carbocycles.